The first-order chi connectivity index (χ1) is 50.1. The highest BCUT2D eigenvalue weighted by Gasteiger charge is 2.26. The van der Waals surface area contributed by atoms with E-state index in [-0.39, 0.29) is 6.61 Å². The van der Waals surface area contributed by atoms with E-state index in [1.807, 2.05) is 109 Å². The molecule has 102 heavy (non-hydrogen) atoms. The van der Waals surface area contributed by atoms with Crippen molar-refractivity contribution in [3.63, 3.8) is 0 Å². The normalized spacial score (nSPS) is 10.8. The molecule has 0 aliphatic rings. The van der Waals surface area contributed by atoms with E-state index in [9.17, 15) is 5.11 Å². The Labute approximate surface area is 596 Å². The van der Waals surface area contributed by atoms with E-state index < -0.39 is 0 Å². The molecule has 15 heteroatoms. The summed E-state index contributed by atoms with van der Waals surface area (Å²) < 4.78 is 45.4. The van der Waals surface area contributed by atoms with Gasteiger partial charge in [-0.25, -0.2) is 0 Å². The fourth-order valence-corrected chi connectivity index (χ4v) is 12.5. The third-order valence-corrected chi connectivity index (χ3v) is 17.8. The van der Waals surface area contributed by atoms with Gasteiger partial charge in [-0.2, -0.15) is 0 Å². The van der Waals surface area contributed by atoms with Crippen molar-refractivity contribution >= 4 is 102 Å². The van der Waals surface area contributed by atoms with Crippen LogP contribution >= 0.6 is 0 Å². The molecule has 0 amide bonds. The number of nitrogens with zero attached hydrogens (tertiary/aromatic N) is 6. The Bertz CT molecular complexity index is 4190. The molecule has 0 aliphatic heterocycles. The van der Waals surface area contributed by atoms with E-state index in [1.165, 1.54) is 0 Å². The van der Waals surface area contributed by atoms with E-state index in [0.717, 1.165) is 142 Å². The number of anilines is 18. The zero-order chi connectivity index (χ0) is 70.5. The lowest BCUT2D eigenvalue weighted by Gasteiger charge is -2.34. The maximum absolute atomic E-state index is 10.5. The molecule has 0 atom stereocenters. The van der Waals surface area contributed by atoms with Crippen LogP contribution in [0.4, 0.5) is 102 Å². The zero-order valence-electron chi connectivity index (χ0n) is 58.0. The average Bonchev–Trinajstić information content (AvgIpc) is 0.765. The molecule has 0 saturated heterocycles. The molecule has 0 saturated carbocycles. The average molecular weight is 1350 g/mol. The molecule has 13 aromatic rings. The number of benzene rings is 13. The van der Waals surface area contributed by atoms with Crippen LogP contribution in [0.5, 0.6) is 46.0 Å². The fourth-order valence-electron chi connectivity index (χ4n) is 12.5. The zero-order valence-corrected chi connectivity index (χ0v) is 58.0. The Balaban J connectivity index is 1.03. The summed E-state index contributed by atoms with van der Waals surface area (Å²) in [6.07, 6.45) is 0. The molecular weight excluding hydrogens is 1270 g/mol. The maximum Gasteiger partial charge on any atom is 0.119 e. The summed E-state index contributed by atoms with van der Waals surface area (Å²) in [7, 11) is 13.4. The van der Waals surface area contributed by atoms with Gasteiger partial charge < -0.3 is 72.4 Å². The Morgan fingerprint density at radius 3 is 0.392 bits per heavy atom. The van der Waals surface area contributed by atoms with Gasteiger partial charge in [-0.1, -0.05) is 12.1 Å². The summed E-state index contributed by atoms with van der Waals surface area (Å²) in [4.78, 5) is 13.4. The minimum atomic E-state index is -0.123. The second kappa shape index (κ2) is 31.3. The molecule has 0 spiro atoms. The molecule has 0 radical (unpaired) electrons. The van der Waals surface area contributed by atoms with Crippen molar-refractivity contribution in [3.8, 4) is 46.0 Å². The molecule has 13 rings (SSSR count). The van der Waals surface area contributed by atoms with E-state index in [0.29, 0.717) is 11.5 Å². The van der Waals surface area contributed by atoms with Crippen molar-refractivity contribution in [3.05, 3.63) is 315 Å². The quantitative estimate of drug-likeness (QED) is 0.0526. The van der Waals surface area contributed by atoms with Crippen LogP contribution in [0.15, 0.2) is 309 Å². The van der Waals surface area contributed by atoms with Gasteiger partial charge in [0.2, 0.25) is 0 Å². The highest BCUT2D eigenvalue weighted by molar-refractivity contribution is 5.92. The molecule has 510 valence electrons. The summed E-state index contributed by atoms with van der Waals surface area (Å²) >= 11 is 0. The first-order valence-corrected chi connectivity index (χ1v) is 33.2. The van der Waals surface area contributed by atoms with Crippen LogP contribution in [-0.2, 0) is 6.61 Å². The van der Waals surface area contributed by atoms with E-state index in [4.69, 9.17) is 37.9 Å². The standard InChI is InChI=1S/C87H78N6O9/c1-95-80-41-25-69(26-42-80)88(70-27-43-81(96-2)44-28-70)63-13-19-66(20-14-63)91(62-11-9-61(60-94)10-12-62)77-57-78(92(75-37-53-86(101-7)54-38-75)67-21-15-64(16-22-67)89(71-29-45-82(97-3)46-30-71)72-31-47-83(98-4)48-32-72)59-79(58-77)93(76-39-55-87(102-8)56-40-76)68-23-17-65(18-24-68)90(73-33-49-84(99-5)50-34-73)74-35-51-85(100-6)52-36-74/h9-59,94H,60H2,1-8H3. The Morgan fingerprint density at radius 1 is 0.167 bits per heavy atom. The largest absolute Gasteiger partial charge is 0.497 e. The molecule has 1 N–H and O–H groups in total. The summed E-state index contributed by atoms with van der Waals surface area (Å²) in [5.74, 6) is 5.94. The Morgan fingerprint density at radius 2 is 0.275 bits per heavy atom. The van der Waals surface area contributed by atoms with Gasteiger partial charge >= 0.3 is 0 Å². The predicted molar refractivity (Wildman–Crippen MR) is 413 cm³/mol. The van der Waals surface area contributed by atoms with Gasteiger partial charge in [0.05, 0.1) is 80.5 Å². The Kier molecular flexibility index (Phi) is 20.7. The monoisotopic (exact) mass is 1350 g/mol. The molecule has 0 aliphatic carbocycles. The second-order valence-corrected chi connectivity index (χ2v) is 23.7. The second-order valence-electron chi connectivity index (χ2n) is 23.7. The maximum atomic E-state index is 10.5. The van der Waals surface area contributed by atoms with E-state index in [1.54, 1.807) is 56.9 Å². The molecule has 15 nitrogen and oxygen atoms in total. The van der Waals surface area contributed by atoms with Gasteiger partial charge in [0, 0.05) is 85.3 Å². The highest BCUT2D eigenvalue weighted by atomic mass is 16.5. The van der Waals surface area contributed by atoms with Crippen LogP contribution in [-0.4, -0.2) is 62.0 Å². The SMILES string of the molecule is COc1ccc(N(c2ccc(OC)cc2)c2ccc(N(c3ccc(CO)cc3)c3cc(N(c4ccc(OC)cc4)c4ccc(N(c5ccc(OC)cc5)c5ccc(OC)cc5)cc4)cc(N(c4ccc(OC)cc4)c4ccc(N(c5ccc(OC)cc5)c5ccc(OC)cc5)cc4)c3)cc2)cc1. The van der Waals surface area contributed by atoms with Crippen molar-refractivity contribution in [1.29, 1.82) is 0 Å². The first kappa shape index (κ1) is 67.6. The number of aliphatic hydroxyl groups excluding tert-OH is 1. The number of aliphatic hydroxyl groups is 1. The van der Waals surface area contributed by atoms with Gasteiger partial charge in [-0.15, -0.1) is 0 Å². The van der Waals surface area contributed by atoms with Crippen LogP contribution in [0.2, 0.25) is 0 Å². The van der Waals surface area contributed by atoms with Gasteiger partial charge in [0.25, 0.3) is 0 Å². The van der Waals surface area contributed by atoms with E-state index in [2.05, 4.69) is 230 Å². The lowest BCUT2D eigenvalue weighted by atomic mass is 10.1. The third-order valence-electron chi connectivity index (χ3n) is 17.8. The van der Waals surface area contributed by atoms with Crippen molar-refractivity contribution < 1.29 is 43.0 Å². The van der Waals surface area contributed by atoms with Gasteiger partial charge in [-0.05, 0) is 303 Å². The van der Waals surface area contributed by atoms with Crippen molar-refractivity contribution in [1.82, 2.24) is 0 Å². The molecule has 0 bridgehead atoms. The van der Waals surface area contributed by atoms with Crippen molar-refractivity contribution in [2.24, 2.45) is 0 Å². The summed E-state index contributed by atoms with van der Waals surface area (Å²) in [5, 5.41) is 10.5. The number of hydrogen-bond donors (Lipinski definition) is 1. The molecular formula is C87H78N6O9. The molecule has 13 aromatic carbocycles. The number of rotatable bonds is 27. The highest BCUT2D eigenvalue weighted by Crippen LogP contribution is 2.49. The fraction of sp³-hybridized carbons (Fsp3) is 0.103. The number of hydrogen-bond acceptors (Lipinski definition) is 15. The lowest BCUT2D eigenvalue weighted by Crippen LogP contribution is -2.17. The minimum absolute atomic E-state index is 0.123. The van der Waals surface area contributed by atoms with Crippen LogP contribution in [0.25, 0.3) is 0 Å². The van der Waals surface area contributed by atoms with Gasteiger partial charge in [0.15, 0.2) is 0 Å². The Hall–Kier alpha value is -13.0. The van der Waals surface area contributed by atoms with Gasteiger partial charge in [0.1, 0.15) is 46.0 Å². The predicted octanol–water partition coefficient (Wildman–Crippen LogP) is 22.1. The lowest BCUT2D eigenvalue weighted by molar-refractivity contribution is 0.282. The summed E-state index contributed by atoms with van der Waals surface area (Å²) in [6.45, 7) is -0.123. The van der Waals surface area contributed by atoms with Crippen molar-refractivity contribution in [2.45, 2.75) is 6.61 Å². The molecule has 0 unspecified atom stereocenters. The smallest absolute Gasteiger partial charge is 0.119 e. The minimum Gasteiger partial charge on any atom is -0.497 e. The third kappa shape index (κ3) is 14.7. The molecule has 0 aromatic heterocycles. The molecule has 0 heterocycles. The van der Waals surface area contributed by atoms with Crippen LogP contribution in [0, 0.1) is 0 Å². The molecule has 0 fully saturated rings. The van der Waals surface area contributed by atoms with Crippen LogP contribution in [0.1, 0.15) is 5.56 Å². The van der Waals surface area contributed by atoms with Crippen molar-refractivity contribution in [2.75, 3.05) is 86.3 Å². The van der Waals surface area contributed by atoms with E-state index >= 15 is 0 Å². The van der Waals surface area contributed by atoms with Crippen LogP contribution < -0.4 is 67.3 Å². The summed E-state index contributed by atoms with van der Waals surface area (Å²) in [5.41, 5.74) is 16.8. The first-order valence-electron chi connectivity index (χ1n) is 33.2. The van der Waals surface area contributed by atoms with Crippen LogP contribution in [0.3, 0.4) is 0 Å². The summed E-state index contributed by atoms with van der Waals surface area (Å²) in [6, 6.07) is 105. The number of methoxy groups -OCH3 is 8. The topological polar surface area (TPSA) is 114 Å². The van der Waals surface area contributed by atoms with Gasteiger partial charge in [-0.3, -0.25) is 0 Å². The number of ether oxygens (including phenoxy) is 8.